The van der Waals surface area contributed by atoms with Crippen molar-refractivity contribution in [3.05, 3.63) is 0 Å². The molecule has 1 saturated heterocycles. The molecule has 1 heterocycles. The topological polar surface area (TPSA) is 18.5 Å². The van der Waals surface area contributed by atoms with Gasteiger partial charge in [0.15, 0.2) is 0 Å². The molecule has 2 aliphatic rings. The van der Waals surface area contributed by atoms with Gasteiger partial charge in [0.1, 0.15) is 0 Å². The molecule has 94 valence electrons. The summed E-state index contributed by atoms with van der Waals surface area (Å²) in [7, 11) is 0. The maximum Gasteiger partial charge on any atom is 0.0113 e. The van der Waals surface area contributed by atoms with E-state index in [0.29, 0.717) is 0 Å². The first-order valence-corrected chi connectivity index (χ1v) is 7.07. The van der Waals surface area contributed by atoms with E-state index in [4.69, 9.17) is 0 Å². The fourth-order valence-corrected chi connectivity index (χ4v) is 2.46. The molecule has 1 aliphatic heterocycles. The number of unbranched alkanes of at least 4 members (excludes halogenated alkanes) is 1. The van der Waals surface area contributed by atoms with Gasteiger partial charge in [0.2, 0.25) is 0 Å². The third-order valence-electron chi connectivity index (χ3n) is 3.78. The van der Waals surface area contributed by atoms with Gasteiger partial charge in [0, 0.05) is 45.3 Å². The number of piperazine rings is 1. The Morgan fingerprint density at radius 2 is 1.81 bits per heavy atom. The molecular formula is C13H27N3. The maximum absolute atomic E-state index is 3.52. The Morgan fingerprint density at radius 1 is 1.06 bits per heavy atom. The molecule has 0 unspecified atom stereocenters. The van der Waals surface area contributed by atoms with Crippen LogP contribution in [0.2, 0.25) is 0 Å². The number of nitrogens with zero attached hydrogens (tertiary/aromatic N) is 2. The van der Waals surface area contributed by atoms with Gasteiger partial charge >= 0.3 is 0 Å². The average molecular weight is 225 g/mol. The normalized spacial score (nSPS) is 23.8. The Labute approximate surface area is 100 Å². The summed E-state index contributed by atoms with van der Waals surface area (Å²) < 4.78 is 0. The highest BCUT2D eigenvalue weighted by molar-refractivity contribution is 4.87. The summed E-state index contributed by atoms with van der Waals surface area (Å²) >= 11 is 0. The van der Waals surface area contributed by atoms with E-state index in [-0.39, 0.29) is 0 Å². The van der Waals surface area contributed by atoms with E-state index in [9.17, 15) is 0 Å². The van der Waals surface area contributed by atoms with E-state index in [2.05, 4.69) is 22.0 Å². The fraction of sp³-hybridized carbons (Fsp3) is 1.00. The molecule has 3 nitrogen and oxygen atoms in total. The van der Waals surface area contributed by atoms with Crippen molar-refractivity contribution in [2.45, 2.75) is 38.6 Å². The molecule has 0 aromatic rings. The van der Waals surface area contributed by atoms with E-state index in [0.717, 1.165) is 6.04 Å². The molecule has 3 heteroatoms. The monoisotopic (exact) mass is 225 g/mol. The van der Waals surface area contributed by atoms with Gasteiger partial charge < -0.3 is 5.32 Å². The van der Waals surface area contributed by atoms with Gasteiger partial charge in [0.05, 0.1) is 0 Å². The molecule has 0 spiro atoms. The molecular weight excluding hydrogens is 198 g/mol. The third-order valence-corrected chi connectivity index (χ3v) is 3.78. The standard InChI is InChI=1S/C13H27N3/c1-2-3-6-14-7-8-15-9-11-16(12-10-15)13-4-5-13/h13-14H,2-12H2,1H3. The predicted molar refractivity (Wildman–Crippen MR) is 68.8 cm³/mol. The second kappa shape index (κ2) is 6.58. The lowest BCUT2D eigenvalue weighted by atomic mass is 10.3. The molecule has 16 heavy (non-hydrogen) atoms. The quantitative estimate of drug-likeness (QED) is 0.656. The predicted octanol–water partition coefficient (Wildman–Crippen LogP) is 1.16. The van der Waals surface area contributed by atoms with Crippen LogP contribution in [0.5, 0.6) is 0 Å². The third kappa shape index (κ3) is 4.04. The molecule has 2 fully saturated rings. The Bertz CT molecular complexity index is 184. The van der Waals surface area contributed by atoms with Crippen LogP contribution in [-0.4, -0.2) is 61.7 Å². The van der Waals surface area contributed by atoms with Crippen LogP contribution in [0.25, 0.3) is 0 Å². The van der Waals surface area contributed by atoms with Crippen LogP contribution in [-0.2, 0) is 0 Å². The lowest BCUT2D eigenvalue weighted by Gasteiger charge is -2.34. The van der Waals surface area contributed by atoms with Crippen molar-refractivity contribution in [2.75, 3.05) is 45.8 Å². The van der Waals surface area contributed by atoms with Gasteiger partial charge in [-0.25, -0.2) is 0 Å². The molecule has 1 N–H and O–H groups in total. The van der Waals surface area contributed by atoms with Crippen molar-refractivity contribution >= 4 is 0 Å². The average Bonchev–Trinajstić information content (AvgIpc) is 3.14. The van der Waals surface area contributed by atoms with E-state index in [1.807, 2.05) is 0 Å². The molecule has 0 atom stereocenters. The minimum Gasteiger partial charge on any atom is -0.315 e. The van der Waals surface area contributed by atoms with Crippen molar-refractivity contribution in [2.24, 2.45) is 0 Å². The van der Waals surface area contributed by atoms with Crippen LogP contribution in [0, 0.1) is 0 Å². The molecule has 0 radical (unpaired) electrons. The van der Waals surface area contributed by atoms with Crippen molar-refractivity contribution in [3.8, 4) is 0 Å². The second-order valence-corrected chi connectivity index (χ2v) is 5.21. The Kier molecular flexibility index (Phi) is 5.07. The minimum atomic E-state index is 0.963. The minimum absolute atomic E-state index is 0.963. The zero-order valence-corrected chi connectivity index (χ0v) is 10.7. The molecule has 1 aliphatic carbocycles. The Hall–Kier alpha value is -0.120. The summed E-state index contributed by atoms with van der Waals surface area (Å²) in [5, 5.41) is 3.52. The zero-order chi connectivity index (χ0) is 11.2. The highest BCUT2D eigenvalue weighted by Gasteiger charge is 2.30. The van der Waals surface area contributed by atoms with Gasteiger partial charge in [-0.05, 0) is 25.8 Å². The van der Waals surface area contributed by atoms with Gasteiger partial charge in [-0.15, -0.1) is 0 Å². The van der Waals surface area contributed by atoms with E-state index < -0.39 is 0 Å². The van der Waals surface area contributed by atoms with Gasteiger partial charge in [-0.1, -0.05) is 13.3 Å². The highest BCUT2D eigenvalue weighted by Crippen LogP contribution is 2.27. The largest absolute Gasteiger partial charge is 0.315 e. The Balaban J connectivity index is 1.48. The van der Waals surface area contributed by atoms with E-state index >= 15 is 0 Å². The fourth-order valence-electron chi connectivity index (χ4n) is 2.46. The van der Waals surface area contributed by atoms with Crippen LogP contribution in [0.3, 0.4) is 0 Å². The van der Waals surface area contributed by atoms with Gasteiger partial charge in [-0.3, -0.25) is 9.80 Å². The summed E-state index contributed by atoms with van der Waals surface area (Å²) in [6.45, 7) is 11.0. The summed E-state index contributed by atoms with van der Waals surface area (Å²) in [5.41, 5.74) is 0. The van der Waals surface area contributed by atoms with Crippen LogP contribution < -0.4 is 5.32 Å². The zero-order valence-electron chi connectivity index (χ0n) is 10.7. The van der Waals surface area contributed by atoms with Crippen molar-refractivity contribution in [3.63, 3.8) is 0 Å². The van der Waals surface area contributed by atoms with Gasteiger partial charge in [-0.2, -0.15) is 0 Å². The van der Waals surface area contributed by atoms with Crippen molar-refractivity contribution < 1.29 is 0 Å². The lowest BCUT2D eigenvalue weighted by Crippen LogP contribution is -2.48. The Morgan fingerprint density at radius 3 is 2.44 bits per heavy atom. The highest BCUT2D eigenvalue weighted by atomic mass is 15.3. The van der Waals surface area contributed by atoms with Crippen molar-refractivity contribution in [1.29, 1.82) is 0 Å². The van der Waals surface area contributed by atoms with Crippen LogP contribution >= 0.6 is 0 Å². The lowest BCUT2D eigenvalue weighted by molar-refractivity contribution is 0.127. The molecule has 2 rings (SSSR count). The molecule has 0 aromatic carbocycles. The smallest absolute Gasteiger partial charge is 0.0113 e. The number of rotatable bonds is 7. The number of hydrogen-bond acceptors (Lipinski definition) is 3. The molecule has 0 amide bonds. The molecule has 1 saturated carbocycles. The summed E-state index contributed by atoms with van der Waals surface area (Å²) in [4.78, 5) is 5.29. The second-order valence-electron chi connectivity index (χ2n) is 5.21. The summed E-state index contributed by atoms with van der Waals surface area (Å²) in [5.74, 6) is 0. The first-order valence-electron chi connectivity index (χ1n) is 7.07. The van der Waals surface area contributed by atoms with Crippen LogP contribution in [0.15, 0.2) is 0 Å². The van der Waals surface area contributed by atoms with E-state index in [1.54, 1.807) is 0 Å². The maximum atomic E-state index is 3.52. The summed E-state index contributed by atoms with van der Waals surface area (Å²) in [6, 6.07) is 0.963. The number of hydrogen-bond donors (Lipinski definition) is 1. The van der Waals surface area contributed by atoms with Crippen molar-refractivity contribution in [1.82, 2.24) is 15.1 Å². The molecule has 0 aromatic heterocycles. The van der Waals surface area contributed by atoms with E-state index in [1.165, 1.54) is 71.5 Å². The first-order chi connectivity index (χ1) is 7.90. The number of nitrogens with one attached hydrogen (secondary N) is 1. The SMILES string of the molecule is CCCCNCCN1CCN(C2CC2)CC1. The van der Waals surface area contributed by atoms with Gasteiger partial charge in [0.25, 0.3) is 0 Å². The van der Waals surface area contributed by atoms with Crippen LogP contribution in [0.4, 0.5) is 0 Å². The summed E-state index contributed by atoms with van der Waals surface area (Å²) in [6.07, 6.45) is 5.53. The van der Waals surface area contributed by atoms with Crippen LogP contribution in [0.1, 0.15) is 32.6 Å². The first kappa shape index (κ1) is 12.3. The molecule has 0 bridgehead atoms.